The van der Waals surface area contributed by atoms with E-state index in [1.165, 1.54) is 38.6 Å². The van der Waals surface area contributed by atoms with Crippen molar-refractivity contribution in [3.63, 3.8) is 0 Å². The Kier molecular flexibility index (Phi) is 2.30. The van der Waals surface area contributed by atoms with E-state index in [4.69, 9.17) is 0 Å². The van der Waals surface area contributed by atoms with Gasteiger partial charge in [0.05, 0.1) is 0 Å². The molecule has 2 saturated carbocycles. The van der Waals surface area contributed by atoms with Crippen LogP contribution in [0.25, 0.3) is 0 Å². The summed E-state index contributed by atoms with van der Waals surface area (Å²) in [6, 6.07) is 3.28. The van der Waals surface area contributed by atoms with Gasteiger partial charge >= 0.3 is 0 Å². The highest BCUT2D eigenvalue weighted by atomic mass is 32.1. The number of fused-ring (bicyclic) bond motifs is 2. The van der Waals surface area contributed by atoms with Crippen molar-refractivity contribution in [2.45, 2.75) is 57.4 Å². The van der Waals surface area contributed by atoms with Crippen LogP contribution in [0.5, 0.6) is 0 Å². The fraction of sp³-hybridized carbons (Fsp3) is 0.750. The standard InChI is InChI=1S/C16H23NS/c1-15(2)14(10-17-11-5-6-11)16(15)8-3-4-13-12(16)7-9-18-13/h7,9,11,14,17H,3-6,8,10H2,1-2H3. The van der Waals surface area contributed by atoms with E-state index in [0.29, 0.717) is 10.8 Å². The Hall–Kier alpha value is -0.340. The average molecular weight is 261 g/mol. The van der Waals surface area contributed by atoms with Gasteiger partial charge in [-0.1, -0.05) is 13.8 Å². The third-order valence-corrected chi connectivity index (χ3v) is 6.90. The Morgan fingerprint density at radius 3 is 3.00 bits per heavy atom. The number of hydrogen-bond donors (Lipinski definition) is 1. The van der Waals surface area contributed by atoms with Gasteiger partial charge in [0.1, 0.15) is 0 Å². The van der Waals surface area contributed by atoms with Crippen molar-refractivity contribution in [2.75, 3.05) is 6.54 Å². The van der Waals surface area contributed by atoms with E-state index >= 15 is 0 Å². The van der Waals surface area contributed by atoms with Crippen LogP contribution in [0.2, 0.25) is 0 Å². The third kappa shape index (κ3) is 1.36. The fourth-order valence-electron chi connectivity index (χ4n) is 4.59. The number of rotatable bonds is 3. The summed E-state index contributed by atoms with van der Waals surface area (Å²) in [6.45, 7) is 6.24. The summed E-state index contributed by atoms with van der Waals surface area (Å²) in [7, 11) is 0. The van der Waals surface area contributed by atoms with E-state index in [1.807, 2.05) is 11.3 Å². The first-order chi connectivity index (χ1) is 8.66. The van der Waals surface area contributed by atoms with Crippen LogP contribution in [-0.4, -0.2) is 12.6 Å². The van der Waals surface area contributed by atoms with Gasteiger partial charge in [-0.2, -0.15) is 0 Å². The van der Waals surface area contributed by atoms with Gasteiger partial charge in [-0.3, -0.25) is 0 Å². The SMILES string of the molecule is CC1(C)C(CNC2CC2)C12CCCc1sccc12. The van der Waals surface area contributed by atoms with E-state index in [1.54, 1.807) is 10.4 Å². The molecule has 3 aliphatic carbocycles. The van der Waals surface area contributed by atoms with E-state index < -0.39 is 0 Å². The first-order valence-electron chi connectivity index (χ1n) is 7.46. The van der Waals surface area contributed by atoms with Gasteiger partial charge in [0.2, 0.25) is 0 Å². The molecule has 1 aromatic rings. The molecule has 98 valence electrons. The average Bonchev–Trinajstić information content (AvgIpc) is 3.15. The number of thiophene rings is 1. The maximum absolute atomic E-state index is 3.77. The summed E-state index contributed by atoms with van der Waals surface area (Å²) < 4.78 is 0. The van der Waals surface area contributed by atoms with Crippen LogP contribution in [0, 0.1) is 11.3 Å². The molecule has 3 aliphatic rings. The number of aryl methyl sites for hydroxylation is 1. The van der Waals surface area contributed by atoms with E-state index in [9.17, 15) is 0 Å². The van der Waals surface area contributed by atoms with Gasteiger partial charge < -0.3 is 5.32 Å². The van der Waals surface area contributed by atoms with Crippen molar-refractivity contribution in [3.8, 4) is 0 Å². The minimum Gasteiger partial charge on any atom is -0.314 e. The van der Waals surface area contributed by atoms with Gasteiger partial charge in [0.25, 0.3) is 0 Å². The maximum atomic E-state index is 3.77. The summed E-state index contributed by atoms with van der Waals surface area (Å²) in [4.78, 5) is 1.68. The molecule has 0 radical (unpaired) electrons. The molecule has 1 N–H and O–H groups in total. The zero-order valence-electron chi connectivity index (χ0n) is 11.5. The van der Waals surface area contributed by atoms with Gasteiger partial charge in [0, 0.05) is 16.3 Å². The first-order valence-corrected chi connectivity index (χ1v) is 8.34. The molecule has 0 aliphatic heterocycles. The predicted octanol–water partition coefficient (Wildman–Crippen LogP) is 3.73. The van der Waals surface area contributed by atoms with E-state index in [-0.39, 0.29) is 0 Å². The topological polar surface area (TPSA) is 12.0 Å². The molecule has 1 spiro atoms. The molecule has 1 nitrogen and oxygen atoms in total. The summed E-state index contributed by atoms with van der Waals surface area (Å²) in [5.74, 6) is 0.860. The largest absolute Gasteiger partial charge is 0.314 e. The van der Waals surface area contributed by atoms with Crippen LogP contribution in [0.1, 0.15) is 50.0 Å². The summed E-state index contributed by atoms with van der Waals surface area (Å²) in [6.07, 6.45) is 6.96. The number of nitrogens with one attached hydrogen (secondary N) is 1. The Morgan fingerprint density at radius 1 is 1.39 bits per heavy atom. The molecule has 18 heavy (non-hydrogen) atoms. The molecule has 2 heteroatoms. The second kappa shape index (κ2) is 3.61. The van der Waals surface area contributed by atoms with Gasteiger partial charge in [-0.25, -0.2) is 0 Å². The van der Waals surface area contributed by atoms with Crippen LogP contribution < -0.4 is 5.32 Å². The zero-order valence-corrected chi connectivity index (χ0v) is 12.3. The smallest absolute Gasteiger partial charge is 0.00831 e. The Labute approximate surface area is 114 Å². The van der Waals surface area contributed by atoms with Gasteiger partial charge in [-0.15, -0.1) is 11.3 Å². The van der Waals surface area contributed by atoms with E-state index in [0.717, 1.165) is 12.0 Å². The quantitative estimate of drug-likeness (QED) is 0.874. The molecule has 1 heterocycles. The highest BCUT2D eigenvalue weighted by molar-refractivity contribution is 7.10. The zero-order chi connectivity index (χ0) is 12.4. The Morgan fingerprint density at radius 2 is 2.22 bits per heavy atom. The second-order valence-corrected chi connectivity index (χ2v) is 8.04. The summed E-state index contributed by atoms with van der Waals surface area (Å²) in [5, 5.41) is 6.09. The molecular weight excluding hydrogens is 238 g/mol. The fourth-order valence-corrected chi connectivity index (χ4v) is 5.60. The minimum atomic E-state index is 0.505. The molecule has 0 aromatic carbocycles. The lowest BCUT2D eigenvalue weighted by atomic mass is 9.79. The lowest BCUT2D eigenvalue weighted by molar-refractivity contribution is 0.434. The summed E-state index contributed by atoms with van der Waals surface area (Å²) in [5.41, 5.74) is 2.74. The van der Waals surface area contributed by atoms with Crippen LogP contribution >= 0.6 is 11.3 Å². The van der Waals surface area contributed by atoms with Crippen LogP contribution in [-0.2, 0) is 11.8 Å². The normalized spacial score (nSPS) is 36.7. The predicted molar refractivity (Wildman–Crippen MR) is 77.2 cm³/mol. The molecular formula is C16H23NS. The van der Waals surface area contributed by atoms with Crippen LogP contribution in [0.4, 0.5) is 0 Å². The molecule has 2 fully saturated rings. The molecule has 4 rings (SSSR count). The van der Waals surface area contributed by atoms with Crippen LogP contribution in [0.15, 0.2) is 11.4 Å². The van der Waals surface area contributed by atoms with Gasteiger partial charge in [-0.05, 0) is 67.0 Å². The van der Waals surface area contributed by atoms with Crippen molar-refractivity contribution in [3.05, 3.63) is 21.9 Å². The summed E-state index contributed by atoms with van der Waals surface area (Å²) >= 11 is 1.99. The highest BCUT2D eigenvalue weighted by Crippen LogP contribution is 2.73. The van der Waals surface area contributed by atoms with Crippen molar-refractivity contribution >= 4 is 11.3 Å². The van der Waals surface area contributed by atoms with Crippen molar-refractivity contribution in [1.29, 1.82) is 0 Å². The second-order valence-electron chi connectivity index (χ2n) is 7.04. The molecule has 2 atom stereocenters. The Balaban J connectivity index is 1.63. The molecule has 0 bridgehead atoms. The van der Waals surface area contributed by atoms with Crippen molar-refractivity contribution < 1.29 is 0 Å². The molecule has 1 aromatic heterocycles. The van der Waals surface area contributed by atoms with Crippen LogP contribution in [0.3, 0.4) is 0 Å². The van der Waals surface area contributed by atoms with E-state index in [2.05, 4.69) is 30.6 Å². The molecule has 0 saturated heterocycles. The Bertz CT molecular complexity index is 471. The number of hydrogen-bond acceptors (Lipinski definition) is 2. The van der Waals surface area contributed by atoms with Gasteiger partial charge in [0.15, 0.2) is 0 Å². The lowest BCUT2D eigenvalue weighted by Crippen LogP contribution is -2.25. The molecule has 0 amide bonds. The monoisotopic (exact) mass is 261 g/mol. The first kappa shape index (κ1) is 11.5. The maximum Gasteiger partial charge on any atom is 0.00831 e. The molecule has 2 unspecified atom stereocenters. The van der Waals surface area contributed by atoms with Crippen molar-refractivity contribution in [1.82, 2.24) is 5.32 Å². The third-order valence-electron chi connectivity index (χ3n) is 5.92. The lowest BCUT2D eigenvalue weighted by Gasteiger charge is -2.26. The van der Waals surface area contributed by atoms with Crippen molar-refractivity contribution in [2.24, 2.45) is 11.3 Å². The highest BCUT2D eigenvalue weighted by Gasteiger charge is 2.71. The minimum absolute atomic E-state index is 0.505.